The van der Waals surface area contributed by atoms with Crippen LogP contribution in [-0.2, 0) is 4.79 Å². The number of hydrogen-bond donors (Lipinski definition) is 3. The van der Waals surface area contributed by atoms with Crippen molar-refractivity contribution in [3.8, 4) is 0 Å². The average molecular weight is 346 g/mol. The zero-order chi connectivity index (χ0) is 17.7. The lowest BCUT2D eigenvalue weighted by molar-refractivity contribution is -0.123. The van der Waals surface area contributed by atoms with E-state index in [9.17, 15) is 9.59 Å². The van der Waals surface area contributed by atoms with Crippen LogP contribution in [0.2, 0.25) is 0 Å². The molecule has 0 fully saturated rings. The Morgan fingerprint density at radius 1 is 1.17 bits per heavy atom. The van der Waals surface area contributed by atoms with Crippen LogP contribution < -0.4 is 16.0 Å². The van der Waals surface area contributed by atoms with Crippen molar-refractivity contribution < 1.29 is 9.59 Å². The van der Waals surface area contributed by atoms with Gasteiger partial charge in [0, 0.05) is 17.1 Å². The molecule has 128 valence electrons. The van der Waals surface area contributed by atoms with Crippen LogP contribution in [0.15, 0.2) is 29.6 Å². The third kappa shape index (κ3) is 5.06. The predicted octanol–water partition coefficient (Wildman–Crippen LogP) is 2.84. The van der Waals surface area contributed by atoms with Crippen LogP contribution in [0.25, 0.3) is 0 Å². The Morgan fingerprint density at radius 2 is 1.92 bits per heavy atom. The fourth-order valence-electron chi connectivity index (χ4n) is 2.03. The molecule has 0 aliphatic carbocycles. The maximum absolute atomic E-state index is 12.2. The first-order valence-electron chi connectivity index (χ1n) is 7.75. The number of thiazole rings is 1. The first kappa shape index (κ1) is 17.9. The third-order valence-corrected chi connectivity index (χ3v) is 3.94. The van der Waals surface area contributed by atoms with Crippen molar-refractivity contribution in [2.75, 3.05) is 5.32 Å². The van der Waals surface area contributed by atoms with E-state index < -0.39 is 6.04 Å². The number of aryl methyl sites for hydroxylation is 1. The summed E-state index contributed by atoms with van der Waals surface area (Å²) in [6.45, 7) is 7.40. The van der Waals surface area contributed by atoms with E-state index in [4.69, 9.17) is 0 Å². The SMILES string of the molecule is Cc1cccc(Nc2nc(C(=O)N[C@H](C)C(=O)NC(C)C)cs2)c1. The molecule has 2 amide bonds. The van der Waals surface area contributed by atoms with Crippen molar-refractivity contribution in [3.05, 3.63) is 40.9 Å². The molecule has 24 heavy (non-hydrogen) atoms. The van der Waals surface area contributed by atoms with Gasteiger partial charge in [-0.15, -0.1) is 11.3 Å². The van der Waals surface area contributed by atoms with Gasteiger partial charge in [-0.2, -0.15) is 0 Å². The van der Waals surface area contributed by atoms with Gasteiger partial charge in [0.25, 0.3) is 5.91 Å². The fraction of sp³-hybridized carbons (Fsp3) is 0.353. The minimum atomic E-state index is -0.616. The van der Waals surface area contributed by atoms with Crippen LogP contribution in [0.3, 0.4) is 0 Å². The summed E-state index contributed by atoms with van der Waals surface area (Å²) in [5, 5.41) is 10.9. The van der Waals surface area contributed by atoms with Crippen molar-refractivity contribution in [2.24, 2.45) is 0 Å². The zero-order valence-electron chi connectivity index (χ0n) is 14.2. The smallest absolute Gasteiger partial charge is 0.271 e. The van der Waals surface area contributed by atoms with E-state index in [0.29, 0.717) is 10.8 Å². The number of hydrogen-bond acceptors (Lipinski definition) is 5. The number of aromatic nitrogens is 1. The molecule has 2 rings (SSSR count). The van der Waals surface area contributed by atoms with Gasteiger partial charge in [-0.3, -0.25) is 9.59 Å². The molecule has 1 aromatic heterocycles. The molecule has 1 heterocycles. The quantitative estimate of drug-likeness (QED) is 0.751. The average Bonchev–Trinajstić information content (AvgIpc) is 2.95. The predicted molar refractivity (Wildman–Crippen MR) is 96.8 cm³/mol. The molecule has 0 unspecified atom stereocenters. The second-order valence-corrected chi connectivity index (χ2v) is 6.75. The van der Waals surface area contributed by atoms with Crippen LogP contribution in [-0.4, -0.2) is 28.9 Å². The van der Waals surface area contributed by atoms with Crippen molar-refractivity contribution in [1.29, 1.82) is 0 Å². The number of anilines is 2. The molecule has 0 aliphatic heterocycles. The molecule has 0 aliphatic rings. The number of carbonyl (C=O) groups excluding carboxylic acids is 2. The highest BCUT2D eigenvalue weighted by atomic mass is 32.1. The second kappa shape index (κ2) is 7.92. The van der Waals surface area contributed by atoms with E-state index in [0.717, 1.165) is 11.3 Å². The number of carbonyl (C=O) groups is 2. The highest BCUT2D eigenvalue weighted by Gasteiger charge is 2.19. The van der Waals surface area contributed by atoms with Gasteiger partial charge in [0.15, 0.2) is 5.13 Å². The Kier molecular flexibility index (Phi) is 5.92. The number of nitrogens with one attached hydrogen (secondary N) is 3. The summed E-state index contributed by atoms with van der Waals surface area (Å²) in [6.07, 6.45) is 0. The summed E-state index contributed by atoms with van der Waals surface area (Å²) >= 11 is 1.34. The number of rotatable bonds is 6. The van der Waals surface area contributed by atoms with Crippen LogP contribution in [0, 0.1) is 6.92 Å². The normalized spacial score (nSPS) is 11.9. The van der Waals surface area contributed by atoms with Crippen LogP contribution in [0.4, 0.5) is 10.8 Å². The Balaban J connectivity index is 1.97. The Labute approximate surface area is 145 Å². The first-order valence-corrected chi connectivity index (χ1v) is 8.63. The monoisotopic (exact) mass is 346 g/mol. The Morgan fingerprint density at radius 3 is 2.58 bits per heavy atom. The topological polar surface area (TPSA) is 83.1 Å². The summed E-state index contributed by atoms with van der Waals surface area (Å²) in [5.41, 5.74) is 2.35. The first-order chi connectivity index (χ1) is 11.3. The lowest BCUT2D eigenvalue weighted by atomic mass is 10.2. The lowest BCUT2D eigenvalue weighted by Crippen LogP contribution is -2.46. The molecule has 1 aromatic carbocycles. The van der Waals surface area contributed by atoms with Crippen molar-refractivity contribution >= 4 is 34.0 Å². The van der Waals surface area contributed by atoms with E-state index in [2.05, 4.69) is 20.9 Å². The van der Waals surface area contributed by atoms with Crippen molar-refractivity contribution in [2.45, 2.75) is 39.8 Å². The van der Waals surface area contributed by atoms with E-state index in [1.807, 2.05) is 45.0 Å². The molecular weight excluding hydrogens is 324 g/mol. The minimum Gasteiger partial charge on any atom is -0.352 e. The molecule has 3 N–H and O–H groups in total. The molecule has 2 aromatic rings. The number of benzene rings is 1. The van der Waals surface area contributed by atoms with Gasteiger partial charge < -0.3 is 16.0 Å². The molecule has 1 atom stereocenters. The molecule has 6 nitrogen and oxygen atoms in total. The summed E-state index contributed by atoms with van der Waals surface area (Å²) in [6, 6.07) is 7.31. The molecule has 7 heteroatoms. The Bertz CT molecular complexity index is 727. The van der Waals surface area contributed by atoms with Gasteiger partial charge in [0.05, 0.1) is 0 Å². The van der Waals surface area contributed by atoms with E-state index >= 15 is 0 Å². The molecule has 0 saturated heterocycles. The maximum Gasteiger partial charge on any atom is 0.271 e. The van der Waals surface area contributed by atoms with Gasteiger partial charge in [-0.25, -0.2) is 4.98 Å². The van der Waals surface area contributed by atoms with E-state index in [1.165, 1.54) is 11.3 Å². The van der Waals surface area contributed by atoms with Gasteiger partial charge in [-0.05, 0) is 45.4 Å². The maximum atomic E-state index is 12.2. The summed E-state index contributed by atoms with van der Waals surface area (Å²) in [5.74, 6) is -0.582. The zero-order valence-corrected chi connectivity index (χ0v) is 15.0. The molecule has 0 radical (unpaired) electrons. The third-order valence-electron chi connectivity index (χ3n) is 3.18. The fourth-order valence-corrected chi connectivity index (χ4v) is 2.74. The van der Waals surface area contributed by atoms with Gasteiger partial charge in [0.2, 0.25) is 5.91 Å². The highest BCUT2D eigenvalue weighted by molar-refractivity contribution is 7.14. The summed E-state index contributed by atoms with van der Waals surface area (Å²) in [4.78, 5) is 28.3. The van der Waals surface area contributed by atoms with Crippen LogP contribution in [0.1, 0.15) is 36.8 Å². The Hall–Kier alpha value is -2.41. The van der Waals surface area contributed by atoms with Crippen molar-refractivity contribution in [3.63, 3.8) is 0 Å². The summed E-state index contributed by atoms with van der Waals surface area (Å²) in [7, 11) is 0. The van der Waals surface area contributed by atoms with Crippen LogP contribution >= 0.6 is 11.3 Å². The van der Waals surface area contributed by atoms with Crippen LogP contribution in [0.5, 0.6) is 0 Å². The second-order valence-electron chi connectivity index (χ2n) is 5.89. The number of amides is 2. The van der Waals surface area contributed by atoms with Crippen molar-refractivity contribution in [1.82, 2.24) is 15.6 Å². The summed E-state index contributed by atoms with van der Waals surface area (Å²) < 4.78 is 0. The molecule has 0 bridgehead atoms. The van der Waals surface area contributed by atoms with E-state index in [1.54, 1.807) is 12.3 Å². The van der Waals surface area contributed by atoms with Gasteiger partial charge in [-0.1, -0.05) is 12.1 Å². The minimum absolute atomic E-state index is 0.0289. The molecule has 0 saturated carbocycles. The lowest BCUT2D eigenvalue weighted by Gasteiger charge is -2.15. The largest absolute Gasteiger partial charge is 0.352 e. The standard InChI is InChI=1S/C17H22N4O2S/c1-10(2)18-15(22)12(4)19-16(23)14-9-24-17(21-14)20-13-7-5-6-11(3)8-13/h5-10,12H,1-4H3,(H,18,22)(H,19,23)(H,20,21)/t12-/m1/s1. The highest BCUT2D eigenvalue weighted by Crippen LogP contribution is 2.21. The molecular formula is C17H22N4O2S. The van der Waals surface area contributed by atoms with Gasteiger partial charge in [0.1, 0.15) is 11.7 Å². The number of nitrogens with zero attached hydrogens (tertiary/aromatic N) is 1. The molecule has 0 spiro atoms. The van der Waals surface area contributed by atoms with E-state index in [-0.39, 0.29) is 17.9 Å². The van der Waals surface area contributed by atoms with Gasteiger partial charge >= 0.3 is 0 Å².